The van der Waals surface area contributed by atoms with Gasteiger partial charge in [-0.05, 0) is 51.9 Å². The fourth-order valence-electron chi connectivity index (χ4n) is 4.90. The number of amides is 2. The van der Waals surface area contributed by atoms with E-state index >= 15 is 0 Å². The van der Waals surface area contributed by atoms with Crippen molar-refractivity contribution < 1.29 is 29.0 Å². The third-order valence-electron chi connectivity index (χ3n) is 7.11. The number of carbonyl (C=O) groups is 3. The highest BCUT2D eigenvalue weighted by molar-refractivity contribution is 5.87. The number of urea groups is 1. The van der Waals surface area contributed by atoms with Crippen molar-refractivity contribution >= 4 is 28.7 Å². The normalized spacial score (nSPS) is 12.4. The molecule has 1 unspecified atom stereocenters. The van der Waals surface area contributed by atoms with Gasteiger partial charge in [-0.15, -0.1) is 0 Å². The highest BCUT2D eigenvalue weighted by atomic mass is 16.5. The van der Waals surface area contributed by atoms with Crippen molar-refractivity contribution in [3.63, 3.8) is 0 Å². The second-order valence-corrected chi connectivity index (χ2v) is 11.1. The van der Waals surface area contributed by atoms with E-state index in [2.05, 4.69) is 35.6 Å². The first-order chi connectivity index (χ1) is 21.2. The quantitative estimate of drug-likeness (QED) is 0.190. The maximum absolute atomic E-state index is 13.5. The number of ether oxygens (including phenoxy) is 2. The van der Waals surface area contributed by atoms with Gasteiger partial charge in [0.15, 0.2) is 6.10 Å². The van der Waals surface area contributed by atoms with Gasteiger partial charge in [0.1, 0.15) is 12.6 Å². The molecule has 0 radical (unpaired) electrons. The zero-order chi connectivity index (χ0) is 31.5. The molecular weight excluding hydrogens is 556 g/mol. The molecule has 4 rings (SSSR count). The molecule has 0 heterocycles. The second-order valence-electron chi connectivity index (χ2n) is 11.1. The molecule has 2 N–H and O–H groups in total. The van der Waals surface area contributed by atoms with Crippen LogP contribution in [0.15, 0.2) is 97.1 Å². The summed E-state index contributed by atoms with van der Waals surface area (Å²) >= 11 is 0. The second kappa shape index (κ2) is 15.7. The lowest BCUT2D eigenvalue weighted by atomic mass is 9.98. The highest BCUT2D eigenvalue weighted by Crippen LogP contribution is 2.25. The molecular formula is C36H40N2O6. The van der Waals surface area contributed by atoms with Crippen molar-refractivity contribution in [1.29, 1.82) is 0 Å². The van der Waals surface area contributed by atoms with Crippen LogP contribution in [-0.2, 0) is 32.1 Å². The molecule has 2 atom stereocenters. The number of nitrogens with zero attached hydrogens (tertiary/aromatic N) is 1. The Morgan fingerprint density at radius 3 is 2.09 bits per heavy atom. The fourth-order valence-corrected chi connectivity index (χ4v) is 4.90. The van der Waals surface area contributed by atoms with Gasteiger partial charge in [-0.25, -0.2) is 14.4 Å². The van der Waals surface area contributed by atoms with E-state index in [0.29, 0.717) is 0 Å². The van der Waals surface area contributed by atoms with Crippen LogP contribution in [0.1, 0.15) is 31.9 Å². The Bertz CT molecular complexity index is 1540. The lowest BCUT2D eigenvalue weighted by Gasteiger charge is -2.28. The number of esters is 2. The molecule has 0 aromatic heterocycles. The van der Waals surface area contributed by atoms with Crippen molar-refractivity contribution in [2.24, 2.45) is 5.92 Å². The first kappa shape index (κ1) is 32.2. The van der Waals surface area contributed by atoms with Crippen LogP contribution in [0.3, 0.4) is 0 Å². The summed E-state index contributed by atoms with van der Waals surface area (Å²) in [7, 11) is 0. The molecule has 2 amide bonds. The van der Waals surface area contributed by atoms with E-state index in [0.717, 1.165) is 27.6 Å². The molecule has 0 aliphatic heterocycles. The lowest BCUT2D eigenvalue weighted by molar-refractivity contribution is -0.153. The molecule has 8 nitrogen and oxygen atoms in total. The standard InChI is InChI=1S/C36H40N2O6/c1-4-43-35(41)33(39)23-38(22-25(2)3)36(42)37-32(34(40)44-24-27-10-6-5-7-11-27)20-26-14-16-29(17-15-26)31-19-18-28-12-8-9-13-30(28)21-31/h5-19,21,25,32-33,39H,4,20,22-24H2,1-3H3,(H,37,42)/t32-,33?/m0/s1. The Hall–Kier alpha value is -4.69. The van der Waals surface area contributed by atoms with Crippen molar-refractivity contribution in [1.82, 2.24) is 10.2 Å². The molecule has 230 valence electrons. The van der Waals surface area contributed by atoms with Crippen LogP contribution in [0.5, 0.6) is 0 Å². The molecule has 4 aromatic carbocycles. The number of hydrogen-bond acceptors (Lipinski definition) is 6. The van der Waals surface area contributed by atoms with Gasteiger partial charge in [0.05, 0.1) is 13.2 Å². The summed E-state index contributed by atoms with van der Waals surface area (Å²) in [5.74, 6) is -1.35. The maximum Gasteiger partial charge on any atom is 0.336 e. The van der Waals surface area contributed by atoms with E-state index in [4.69, 9.17) is 9.47 Å². The number of hydrogen-bond donors (Lipinski definition) is 2. The number of aliphatic hydroxyl groups is 1. The molecule has 4 aromatic rings. The van der Waals surface area contributed by atoms with Crippen LogP contribution in [0.25, 0.3) is 21.9 Å². The largest absolute Gasteiger partial charge is 0.464 e. The average Bonchev–Trinajstić information content (AvgIpc) is 3.03. The molecule has 8 heteroatoms. The Balaban J connectivity index is 1.52. The summed E-state index contributed by atoms with van der Waals surface area (Å²) in [6, 6.07) is 30.1. The summed E-state index contributed by atoms with van der Waals surface area (Å²) in [4.78, 5) is 40.2. The molecule has 0 saturated carbocycles. The molecule has 0 bridgehead atoms. The molecule has 0 fully saturated rings. The van der Waals surface area contributed by atoms with Crippen LogP contribution >= 0.6 is 0 Å². The topological polar surface area (TPSA) is 105 Å². The molecule has 0 spiro atoms. The van der Waals surface area contributed by atoms with E-state index < -0.39 is 30.1 Å². The van der Waals surface area contributed by atoms with Crippen LogP contribution < -0.4 is 5.32 Å². The van der Waals surface area contributed by atoms with Gasteiger partial charge >= 0.3 is 18.0 Å². The Kier molecular flexibility index (Phi) is 11.5. The van der Waals surface area contributed by atoms with Gasteiger partial charge in [0.2, 0.25) is 0 Å². The van der Waals surface area contributed by atoms with Gasteiger partial charge in [-0.3, -0.25) is 0 Å². The van der Waals surface area contributed by atoms with Gasteiger partial charge in [-0.1, -0.05) is 105 Å². The van der Waals surface area contributed by atoms with Crippen LogP contribution in [-0.4, -0.2) is 59.8 Å². The fraction of sp³-hybridized carbons (Fsp3) is 0.306. The first-order valence-electron chi connectivity index (χ1n) is 14.9. The summed E-state index contributed by atoms with van der Waals surface area (Å²) < 4.78 is 10.5. The molecule has 0 aliphatic rings. The summed E-state index contributed by atoms with van der Waals surface area (Å²) in [6.45, 7) is 5.64. The smallest absolute Gasteiger partial charge is 0.336 e. The van der Waals surface area contributed by atoms with Crippen LogP contribution in [0.4, 0.5) is 4.79 Å². The number of aliphatic hydroxyl groups excluding tert-OH is 1. The monoisotopic (exact) mass is 596 g/mol. The zero-order valence-corrected chi connectivity index (χ0v) is 25.4. The number of benzene rings is 4. The van der Waals surface area contributed by atoms with Crippen LogP contribution in [0, 0.1) is 5.92 Å². The minimum absolute atomic E-state index is 0.0429. The lowest BCUT2D eigenvalue weighted by Crippen LogP contribution is -2.52. The number of fused-ring (bicyclic) bond motifs is 1. The Labute approximate surface area is 258 Å². The van der Waals surface area contributed by atoms with Crippen molar-refractivity contribution in [2.75, 3.05) is 19.7 Å². The summed E-state index contributed by atoms with van der Waals surface area (Å²) in [5, 5.41) is 15.5. The maximum atomic E-state index is 13.5. The van der Waals surface area contributed by atoms with Crippen molar-refractivity contribution in [3.05, 3.63) is 108 Å². The minimum atomic E-state index is -1.51. The van der Waals surface area contributed by atoms with E-state index in [1.165, 1.54) is 10.3 Å². The minimum Gasteiger partial charge on any atom is -0.464 e. The van der Waals surface area contributed by atoms with E-state index in [1.54, 1.807) is 6.92 Å². The Morgan fingerprint density at radius 2 is 1.41 bits per heavy atom. The van der Waals surface area contributed by atoms with Gasteiger partial charge in [0, 0.05) is 13.0 Å². The van der Waals surface area contributed by atoms with E-state index in [9.17, 15) is 19.5 Å². The molecule has 0 aliphatic carbocycles. The highest BCUT2D eigenvalue weighted by Gasteiger charge is 2.29. The third-order valence-corrected chi connectivity index (χ3v) is 7.11. The number of nitrogens with one attached hydrogen (secondary N) is 1. The predicted octanol–water partition coefficient (Wildman–Crippen LogP) is 5.75. The SMILES string of the molecule is CCOC(=O)C(O)CN(CC(C)C)C(=O)N[C@@H](Cc1ccc(-c2ccc3ccccc3c2)cc1)C(=O)OCc1ccccc1. The van der Waals surface area contributed by atoms with Crippen molar-refractivity contribution in [3.8, 4) is 11.1 Å². The zero-order valence-electron chi connectivity index (χ0n) is 25.4. The van der Waals surface area contributed by atoms with E-state index in [-0.39, 0.29) is 38.6 Å². The van der Waals surface area contributed by atoms with Gasteiger partial charge in [-0.2, -0.15) is 0 Å². The molecule has 44 heavy (non-hydrogen) atoms. The predicted molar refractivity (Wildman–Crippen MR) is 171 cm³/mol. The number of carbonyl (C=O) groups excluding carboxylic acids is 3. The van der Waals surface area contributed by atoms with Crippen LogP contribution in [0.2, 0.25) is 0 Å². The Morgan fingerprint density at radius 1 is 0.750 bits per heavy atom. The van der Waals surface area contributed by atoms with E-state index in [1.807, 2.05) is 80.6 Å². The third kappa shape index (κ3) is 9.15. The number of rotatable bonds is 13. The van der Waals surface area contributed by atoms with Crippen molar-refractivity contribution in [2.45, 2.75) is 45.9 Å². The first-order valence-corrected chi connectivity index (χ1v) is 14.9. The average molecular weight is 597 g/mol. The van der Waals surface area contributed by atoms with Gasteiger partial charge < -0.3 is 24.8 Å². The van der Waals surface area contributed by atoms with Gasteiger partial charge in [0.25, 0.3) is 0 Å². The summed E-state index contributed by atoms with van der Waals surface area (Å²) in [6.07, 6.45) is -1.32. The molecule has 0 saturated heterocycles. The summed E-state index contributed by atoms with van der Waals surface area (Å²) in [5.41, 5.74) is 3.76.